The summed E-state index contributed by atoms with van der Waals surface area (Å²) in [4.78, 5) is 4.42. The molecule has 0 saturated heterocycles. The fourth-order valence-corrected chi connectivity index (χ4v) is 1.78. The molecule has 0 fully saturated rings. The summed E-state index contributed by atoms with van der Waals surface area (Å²) in [7, 11) is 4.20. The normalized spacial score (nSPS) is 10.9. The maximum absolute atomic E-state index is 5.33. The molecule has 0 aromatic rings. The van der Waals surface area contributed by atoms with E-state index in [1.54, 1.807) is 0 Å². The average molecular weight is 231 g/mol. The third kappa shape index (κ3) is 7.56. The fourth-order valence-electron chi connectivity index (χ4n) is 1.32. The van der Waals surface area contributed by atoms with E-state index in [1.807, 2.05) is 0 Å². The quantitative estimate of drug-likeness (QED) is 0.699. The van der Waals surface area contributed by atoms with E-state index in [9.17, 15) is 0 Å². The Kier molecular flexibility index (Phi) is 7.70. The van der Waals surface area contributed by atoms with E-state index in [1.165, 1.54) is 0 Å². The number of nitrogens with zero attached hydrogens (tertiary/aromatic N) is 2. The second kappa shape index (κ2) is 7.88. The lowest BCUT2D eigenvalue weighted by Crippen LogP contribution is -2.43. The second-order valence-corrected chi connectivity index (χ2v) is 4.73. The van der Waals surface area contributed by atoms with Crippen LogP contribution in [0.15, 0.2) is 0 Å². The van der Waals surface area contributed by atoms with Crippen LogP contribution in [0.25, 0.3) is 0 Å². The topological polar surface area (TPSA) is 18.5 Å². The standard InChI is InChI=1S/C11H25N3S/c1-6-14(9-7-8-13(4)5)11(15)12-10(2)3/h10H,6-9H2,1-5H3,(H,12,15). The zero-order chi connectivity index (χ0) is 11.8. The van der Waals surface area contributed by atoms with Gasteiger partial charge in [0.1, 0.15) is 0 Å². The number of nitrogens with one attached hydrogen (secondary N) is 1. The first-order valence-corrected chi connectivity index (χ1v) is 6.08. The molecule has 15 heavy (non-hydrogen) atoms. The molecule has 0 atom stereocenters. The van der Waals surface area contributed by atoms with Gasteiger partial charge in [-0.25, -0.2) is 0 Å². The van der Waals surface area contributed by atoms with Gasteiger partial charge in [-0.2, -0.15) is 0 Å². The van der Waals surface area contributed by atoms with Crippen molar-refractivity contribution in [1.29, 1.82) is 0 Å². The van der Waals surface area contributed by atoms with Crippen molar-refractivity contribution in [2.75, 3.05) is 33.7 Å². The first-order chi connectivity index (χ1) is 6.97. The fraction of sp³-hybridized carbons (Fsp3) is 0.909. The van der Waals surface area contributed by atoms with E-state index in [-0.39, 0.29) is 0 Å². The van der Waals surface area contributed by atoms with Crippen LogP contribution < -0.4 is 5.32 Å². The van der Waals surface area contributed by atoms with Crippen molar-refractivity contribution in [2.45, 2.75) is 33.2 Å². The number of thiocarbonyl (C=S) groups is 1. The van der Waals surface area contributed by atoms with E-state index in [2.05, 4.69) is 50.0 Å². The highest BCUT2D eigenvalue weighted by molar-refractivity contribution is 7.80. The molecule has 1 N–H and O–H groups in total. The first kappa shape index (κ1) is 14.6. The Morgan fingerprint density at radius 2 is 1.87 bits per heavy atom. The molecule has 0 unspecified atom stereocenters. The Labute approximate surface area is 99.8 Å². The summed E-state index contributed by atoms with van der Waals surface area (Å²) >= 11 is 5.33. The minimum absolute atomic E-state index is 0.417. The molecule has 90 valence electrons. The minimum atomic E-state index is 0.417. The predicted octanol–water partition coefficient (Wildman–Crippen LogP) is 1.54. The van der Waals surface area contributed by atoms with Crippen molar-refractivity contribution in [3.8, 4) is 0 Å². The van der Waals surface area contributed by atoms with Gasteiger partial charge in [-0.3, -0.25) is 0 Å². The van der Waals surface area contributed by atoms with Gasteiger partial charge in [-0.05, 0) is 60.1 Å². The van der Waals surface area contributed by atoms with Gasteiger partial charge in [-0.1, -0.05) is 0 Å². The smallest absolute Gasteiger partial charge is 0.169 e. The second-order valence-electron chi connectivity index (χ2n) is 4.34. The van der Waals surface area contributed by atoms with Crippen LogP contribution in [-0.4, -0.2) is 54.7 Å². The molecule has 0 aliphatic rings. The van der Waals surface area contributed by atoms with Crippen LogP contribution in [0.5, 0.6) is 0 Å². The maximum Gasteiger partial charge on any atom is 0.169 e. The summed E-state index contributed by atoms with van der Waals surface area (Å²) in [5, 5.41) is 4.16. The van der Waals surface area contributed by atoms with Crippen LogP contribution in [0.3, 0.4) is 0 Å². The van der Waals surface area contributed by atoms with Crippen molar-refractivity contribution in [2.24, 2.45) is 0 Å². The Balaban J connectivity index is 3.85. The molecule has 0 bridgehead atoms. The van der Waals surface area contributed by atoms with Crippen LogP contribution in [0.2, 0.25) is 0 Å². The van der Waals surface area contributed by atoms with Crippen molar-refractivity contribution < 1.29 is 0 Å². The molecule has 0 amide bonds. The average Bonchev–Trinajstić information content (AvgIpc) is 2.10. The Morgan fingerprint density at radius 1 is 1.27 bits per heavy atom. The van der Waals surface area contributed by atoms with Crippen molar-refractivity contribution in [1.82, 2.24) is 15.1 Å². The molecule has 0 aromatic heterocycles. The van der Waals surface area contributed by atoms with Crippen LogP contribution in [-0.2, 0) is 0 Å². The highest BCUT2D eigenvalue weighted by Gasteiger charge is 2.07. The summed E-state index contributed by atoms with van der Waals surface area (Å²) in [5.41, 5.74) is 0. The largest absolute Gasteiger partial charge is 0.360 e. The van der Waals surface area contributed by atoms with Gasteiger partial charge in [0.2, 0.25) is 0 Å². The number of hydrogen-bond donors (Lipinski definition) is 1. The van der Waals surface area contributed by atoms with Crippen LogP contribution in [0.4, 0.5) is 0 Å². The molecule has 3 nitrogen and oxygen atoms in total. The summed E-state index contributed by atoms with van der Waals surface area (Å²) in [6.45, 7) is 9.49. The Hall–Kier alpha value is -0.350. The van der Waals surface area contributed by atoms with Crippen LogP contribution >= 0.6 is 12.2 Å². The molecular weight excluding hydrogens is 206 g/mol. The molecule has 0 rings (SSSR count). The van der Waals surface area contributed by atoms with Gasteiger partial charge in [0.05, 0.1) is 0 Å². The predicted molar refractivity (Wildman–Crippen MR) is 71.3 cm³/mol. The first-order valence-electron chi connectivity index (χ1n) is 5.67. The Morgan fingerprint density at radius 3 is 2.27 bits per heavy atom. The molecule has 0 aliphatic heterocycles. The van der Waals surface area contributed by atoms with Crippen molar-refractivity contribution in [3.63, 3.8) is 0 Å². The highest BCUT2D eigenvalue weighted by atomic mass is 32.1. The van der Waals surface area contributed by atoms with Gasteiger partial charge in [0.15, 0.2) is 5.11 Å². The molecule has 0 aliphatic carbocycles. The lowest BCUT2D eigenvalue weighted by Gasteiger charge is -2.26. The molecule has 0 aromatic carbocycles. The summed E-state index contributed by atoms with van der Waals surface area (Å²) in [6.07, 6.45) is 1.15. The molecule has 0 spiro atoms. The monoisotopic (exact) mass is 231 g/mol. The van der Waals surface area contributed by atoms with Gasteiger partial charge in [-0.15, -0.1) is 0 Å². The highest BCUT2D eigenvalue weighted by Crippen LogP contribution is 1.95. The van der Waals surface area contributed by atoms with Gasteiger partial charge >= 0.3 is 0 Å². The van der Waals surface area contributed by atoms with Crippen LogP contribution in [0, 0.1) is 0 Å². The van der Waals surface area contributed by atoms with E-state index < -0.39 is 0 Å². The maximum atomic E-state index is 5.33. The lowest BCUT2D eigenvalue weighted by atomic mass is 10.3. The molecular formula is C11H25N3S. The van der Waals surface area contributed by atoms with E-state index in [0.29, 0.717) is 6.04 Å². The molecule has 4 heteroatoms. The van der Waals surface area contributed by atoms with Gasteiger partial charge in [0.25, 0.3) is 0 Å². The third-order valence-electron chi connectivity index (χ3n) is 2.11. The van der Waals surface area contributed by atoms with E-state index >= 15 is 0 Å². The number of hydrogen-bond acceptors (Lipinski definition) is 2. The molecule has 0 saturated carbocycles. The minimum Gasteiger partial charge on any atom is -0.360 e. The third-order valence-corrected chi connectivity index (χ3v) is 2.49. The van der Waals surface area contributed by atoms with Crippen molar-refractivity contribution >= 4 is 17.3 Å². The lowest BCUT2D eigenvalue weighted by molar-refractivity contribution is 0.351. The summed E-state index contributed by atoms with van der Waals surface area (Å²) < 4.78 is 0. The SMILES string of the molecule is CCN(CCCN(C)C)C(=S)NC(C)C. The number of rotatable bonds is 6. The molecule has 0 heterocycles. The van der Waals surface area contributed by atoms with Gasteiger partial charge in [0, 0.05) is 19.1 Å². The molecule has 0 radical (unpaired) electrons. The van der Waals surface area contributed by atoms with Crippen LogP contribution in [0.1, 0.15) is 27.2 Å². The zero-order valence-corrected chi connectivity index (χ0v) is 11.5. The zero-order valence-electron chi connectivity index (χ0n) is 10.7. The van der Waals surface area contributed by atoms with E-state index in [4.69, 9.17) is 12.2 Å². The van der Waals surface area contributed by atoms with Crippen molar-refractivity contribution in [3.05, 3.63) is 0 Å². The summed E-state index contributed by atoms with van der Waals surface area (Å²) in [5.74, 6) is 0. The Bertz CT molecular complexity index is 181. The van der Waals surface area contributed by atoms with E-state index in [0.717, 1.165) is 31.2 Å². The summed E-state index contributed by atoms with van der Waals surface area (Å²) in [6, 6.07) is 0.417. The van der Waals surface area contributed by atoms with Gasteiger partial charge < -0.3 is 15.1 Å².